The van der Waals surface area contributed by atoms with Gasteiger partial charge in [0, 0.05) is 12.2 Å². The molecule has 0 aliphatic rings. The van der Waals surface area contributed by atoms with Crippen LogP contribution in [0, 0.1) is 6.92 Å². The third-order valence-electron chi connectivity index (χ3n) is 5.24. The minimum Gasteiger partial charge on any atom is -0.491 e. The first kappa shape index (κ1) is 24.2. The van der Waals surface area contributed by atoms with Crippen LogP contribution in [0.4, 0.5) is 5.69 Å². The molecule has 0 aliphatic carbocycles. The Morgan fingerprint density at radius 1 is 1.09 bits per heavy atom. The van der Waals surface area contributed by atoms with Crippen molar-refractivity contribution in [1.29, 1.82) is 0 Å². The number of aliphatic hydroxyl groups excluding tert-OH is 1. The Kier molecular flexibility index (Phi) is 8.41. The van der Waals surface area contributed by atoms with Gasteiger partial charge in [0.2, 0.25) is 0 Å². The SMILES string of the molecule is Cc1ccccc1-c1ccc(OCCN(C)C)c(C(=O)C=Cc2ccccc2NC(C)O)c1. The number of carbonyl (C=O) groups is 1. The highest BCUT2D eigenvalue weighted by Crippen LogP contribution is 2.30. The summed E-state index contributed by atoms with van der Waals surface area (Å²) >= 11 is 0. The third kappa shape index (κ3) is 6.78. The maximum absolute atomic E-state index is 13.3. The number of nitrogens with zero attached hydrogens (tertiary/aromatic N) is 1. The smallest absolute Gasteiger partial charge is 0.189 e. The molecule has 0 saturated heterocycles. The van der Waals surface area contributed by atoms with Gasteiger partial charge in [0.25, 0.3) is 0 Å². The second-order valence-electron chi connectivity index (χ2n) is 8.28. The van der Waals surface area contributed by atoms with E-state index in [2.05, 4.69) is 24.4 Å². The van der Waals surface area contributed by atoms with Crippen LogP contribution in [0.2, 0.25) is 0 Å². The van der Waals surface area contributed by atoms with Crippen molar-refractivity contribution < 1.29 is 14.6 Å². The fourth-order valence-electron chi connectivity index (χ4n) is 3.50. The van der Waals surface area contributed by atoms with Gasteiger partial charge >= 0.3 is 0 Å². The van der Waals surface area contributed by atoms with Gasteiger partial charge in [-0.1, -0.05) is 48.5 Å². The van der Waals surface area contributed by atoms with Gasteiger partial charge in [0.15, 0.2) is 5.78 Å². The van der Waals surface area contributed by atoms with E-state index >= 15 is 0 Å². The summed E-state index contributed by atoms with van der Waals surface area (Å²) in [7, 11) is 3.97. The molecule has 0 spiro atoms. The zero-order valence-electron chi connectivity index (χ0n) is 19.7. The molecule has 0 fully saturated rings. The summed E-state index contributed by atoms with van der Waals surface area (Å²) in [6.07, 6.45) is 2.62. The minimum absolute atomic E-state index is 0.142. The molecule has 5 nitrogen and oxygen atoms in total. The summed E-state index contributed by atoms with van der Waals surface area (Å²) in [6.45, 7) is 4.95. The highest BCUT2D eigenvalue weighted by atomic mass is 16.5. The van der Waals surface area contributed by atoms with Crippen molar-refractivity contribution in [2.24, 2.45) is 0 Å². The van der Waals surface area contributed by atoms with Gasteiger partial charge in [-0.3, -0.25) is 4.79 Å². The molecule has 172 valence electrons. The Bertz CT molecular complexity index is 1120. The van der Waals surface area contributed by atoms with E-state index in [-0.39, 0.29) is 5.78 Å². The van der Waals surface area contributed by atoms with Gasteiger partial charge in [-0.25, -0.2) is 0 Å². The van der Waals surface area contributed by atoms with Crippen LogP contribution in [-0.4, -0.2) is 49.3 Å². The number of nitrogens with one attached hydrogen (secondary N) is 1. The molecule has 0 aromatic heterocycles. The van der Waals surface area contributed by atoms with E-state index in [0.29, 0.717) is 17.9 Å². The van der Waals surface area contributed by atoms with Crippen molar-refractivity contribution >= 4 is 17.5 Å². The van der Waals surface area contributed by atoms with Crippen molar-refractivity contribution in [3.8, 4) is 16.9 Å². The maximum atomic E-state index is 13.3. The first-order valence-corrected chi connectivity index (χ1v) is 11.1. The summed E-state index contributed by atoms with van der Waals surface area (Å²) < 4.78 is 5.98. The molecule has 0 bridgehead atoms. The lowest BCUT2D eigenvalue weighted by molar-refractivity contribution is 0.104. The second kappa shape index (κ2) is 11.5. The maximum Gasteiger partial charge on any atom is 0.189 e. The standard InChI is InChI=1S/C28H32N2O3/c1-20-9-5-7-11-24(20)23-14-16-28(33-18-17-30(3)4)25(19-23)27(32)15-13-22-10-6-8-12-26(22)29-21(2)31/h5-16,19,21,29,31H,17-18H2,1-4H3. The molecule has 3 aromatic rings. The molecule has 0 saturated carbocycles. The van der Waals surface area contributed by atoms with Crippen molar-refractivity contribution in [3.05, 3.63) is 89.5 Å². The average Bonchev–Trinajstić information content (AvgIpc) is 2.78. The lowest BCUT2D eigenvalue weighted by Crippen LogP contribution is -2.20. The molecular formula is C28H32N2O3. The lowest BCUT2D eigenvalue weighted by Gasteiger charge is -2.15. The number of aliphatic hydroxyl groups is 1. The largest absolute Gasteiger partial charge is 0.491 e. The summed E-state index contributed by atoms with van der Waals surface area (Å²) in [4.78, 5) is 15.3. The highest BCUT2D eigenvalue weighted by molar-refractivity contribution is 6.09. The van der Waals surface area contributed by atoms with Crippen molar-refractivity contribution in [1.82, 2.24) is 4.90 Å². The predicted octanol–water partition coefficient (Wildman–Crippen LogP) is 5.25. The Morgan fingerprint density at radius 2 is 1.82 bits per heavy atom. The van der Waals surface area contributed by atoms with Gasteiger partial charge in [0.1, 0.15) is 18.6 Å². The van der Waals surface area contributed by atoms with E-state index in [1.807, 2.05) is 73.6 Å². The Morgan fingerprint density at radius 3 is 2.55 bits per heavy atom. The fraction of sp³-hybridized carbons (Fsp3) is 0.250. The monoisotopic (exact) mass is 444 g/mol. The van der Waals surface area contributed by atoms with E-state index < -0.39 is 6.23 Å². The molecule has 3 rings (SSSR count). The number of allylic oxidation sites excluding steroid dienone is 1. The van der Waals surface area contributed by atoms with Gasteiger partial charge in [-0.2, -0.15) is 0 Å². The zero-order chi connectivity index (χ0) is 23.8. The number of aryl methyl sites for hydroxylation is 1. The highest BCUT2D eigenvalue weighted by Gasteiger charge is 2.14. The molecule has 33 heavy (non-hydrogen) atoms. The van der Waals surface area contributed by atoms with E-state index in [0.717, 1.165) is 34.5 Å². The number of anilines is 1. The second-order valence-corrected chi connectivity index (χ2v) is 8.28. The van der Waals surface area contributed by atoms with Gasteiger partial charge in [0.05, 0.1) is 5.56 Å². The van der Waals surface area contributed by atoms with Crippen LogP contribution in [-0.2, 0) is 0 Å². The van der Waals surface area contributed by atoms with E-state index in [4.69, 9.17) is 4.74 Å². The first-order valence-electron chi connectivity index (χ1n) is 11.1. The van der Waals surface area contributed by atoms with Crippen molar-refractivity contribution in [2.75, 3.05) is 32.6 Å². The number of para-hydroxylation sites is 1. The van der Waals surface area contributed by atoms with Gasteiger partial charge in [-0.05, 0) is 80.5 Å². The summed E-state index contributed by atoms with van der Waals surface area (Å²) in [6, 6.07) is 21.4. The Hall–Kier alpha value is -3.41. The number of hydrogen-bond acceptors (Lipinski definition) is 5. The third-order valence-corrected chi connectivity index (χ3v) is 5.24. The number of ketones is 1. The van der Waals surface area contributed by atoms with Crippen LogP contribution in [0.25, 0.3) is 17.2 Å². The summed E-state index contributed by atoms with van der Waals surface area (Å²) in [5, 5.41) is 12.7. The summed E-state index contributed by atoms with van der Waals surface area (Å²) in [5.41, 5.74) is 5.30. The number of carbonyl (C=O) groups excluding carboxylic acids is 1. The van der Waals surface area contributed by atoms with Crippen LogP contribution in [0.5, 0.6) is 5.75 Å². The average molecular weight is 445 g/mol. The molecule has 1 unspecified atom stereocenters. The Balaban J connectivity index is 1.94. The van der Waals surface area contributed by atoms with Crippen LogP contribution in [0.3, 0.4) is 0 Å². The molecule has 0 heterocycles. The van der Waals surface area contributed by atoms with E-state index in [1.54, 1.807) is 19.1 Å². The molecule has 0 aliphatic heterocycles. The van der Waals surface area contributed by atoms with Gasteiger partial charge < -0.3 is 20.1 Å². The molecule has 0 radical (unpaired) electrons. The molecule has 0 amide bonds. The van der Waals surface area contributed by atoms with Crippen LogP contribution in [0.1, 0.15) is 28.4 Å². The number of ether oxygens (including phenoxy) is 1. The molecule has 3 aromatic carbocycles. The number of likely N-dealkylation sites (N-methyl/N-ethyl adjacent to an activating group) is 1. The minimum atomic E-state index is -0.697. The quantitative estimate of drug-likeness (QED) is 0.254. The van der Waals surface area contributed by atoms with E-state index in [9.17, 15) is 9.90 Å². The molecule has 1 atom stereocenters. The fourth-order valence-corrected chi connectivity index (χ4v) is 3.50. The summed E-state index contributed by atoms with van der Waals surface area (Å²) in [5.74, 6) is 0.427. The first-order chi connectivity index (χ1) is 15.8. The Labute approximate surface area is 196 Å². The molecule has 2 N–H and O–H groups in total. The molecular weight excluding hydrogens is 412 g/mol. The normalized spacial score (nSPS) is 12.2. The van der Waals surface area contributed by atoms with Crippen LogP contribution in [0.15, 0.2) is 72.8 Å². The van der Waals surface area contributed by atoms with Crippen LogP contribution >= 0.6 is 0 Å². The zero-order valence-corrected chi connectivity index (χ0v) is 19.7. The van der Waals surface area contributed by atoms with Gasteiger partial charge in [-0.15, -0.1) is 0 Å². The number of benzene rings is 3. The molecule has 5 heteroatoms. The lowest BCUT2D eigenvalue weighted by atomic mass is 9.97. The van der Waals surface area contributed by atoms with E-state index in [1.165, 1.54) is 0 Å². The van der Waals surface area contributed by atoms with Crippen LogP contribution < -0.4 is 10.1 Å². The number of hydrogen-bond donors (Lipinski definition) is 2. The van der Waals surface area contributed by atoms with Crippen molar-refractivity contribution in [2.45, 2.75) is 20.1 Å². The predicted molar refractivity (Wildman–Crippen MR) is 136 cm³/mol. The number of rotatable bonds is 10. The topological polar surface area (TPSA) is 61.8 Å². The van der Waals surface area contributed by atoms with Crippen molar-refractivity contribution in [3.63, 3.8) is 0 Å².